The maximum Gasteiger partial charge on any atom is 0.416 e. The highest BCUT2D eigenvalue weighted by atomic mass is 35.5. The van der Waals surface area contributed by atoms with Gasteiger partial charge in [0, 0.05) is 18.3 Å². The summed E-state index contributed by atoms with van der Waals surface area (Å²) >= 11 is 5.90. The Morgan fingerprint density at radius 3 is 2.49 bits per heavy atom. The van der Waals surface area contributed by atoms with E-state index in [0.29, 0.717) is 6.07 Å². The van der Waals surface area contributed by atoms with E-state index in [9.17, 15) is 33.3 Å². The molecule has 2 atom stereocenters. The molecule has 0 saturated carbocycles. The van der Waals surface area contributed by atoms with Crippen molar-refractivity contribution >= 4 is 23.1 Å². The van der Waals surface area contributed by atoms with Gasteiger partial charge in [0.1, 0.15) is 11.5 Å². The first kappa shape index (κ1) is 25.5. The third-order valence-electron chi connectivity index (χ3n) is 4.72. The van der Waals surface area contributed by atoms with Crippen molar-refractivity contribution in [1.82, 2.24) is 4.98 Å². The third kappa shape index (κ3) is 6.04. The van der Waals surface area contributed by atoms with E-state index in [1.807, 2.05) is 6.07 Å². The lowest BCUT2D eigenvalue weighted by molar-refractivity contribution is -0.386. The van der Waals surface area contributed by atoms with E-state index in [1.165, 1.54) is 25.3 Å². The van der Waals surface area contributed by atoms with Crippen molar-refractivity contribution < 1.29 is 32.4 Å². The number of Topliss-reactive ketones (excluding diaryl/α,β-unsaturated/α-hetero) is 1. The first-order chi connectivity index (χ1) is 16.5. The summed E-state index contributed by atoms with van der Waals surface area (Å²) in [6.07, 6.45) is -4.48. The summed E-state index contributed by atoms with van der Waals surface area (Å²) in [7, 11) is 0. The molecule has 1 aromatic heterocycles. The van der Waals surface area contributed by atoms with E-state index in [4.69, 9.17) is 21.1 Å². The number of ketones is 1. The molecule has 12 heteroatoms. The molecular weight excluding hydrogens is 491 g/mol. The highest BCUT2D eigenvalue weighted by Gasteiger charge is 2.32. The summed E-state index contributed by atoms with van der Waals surface area (Å²) in [6, 6.07) is 12.3. The lowest BCUT2D eigenvalue weighted by atomic mass is 9.98. The molecule has 3 rings (SSSR count). The average Bonchev–Trinajstić information content (AvgIpc) is 2.80. The minimum Gasteiger partial charge on any atom is -0.476 e. The molecule has 3 aromatic rings. The third-order valence-corrected chi connectivity index (χ3v) is 5.01. The van der Waals surface area contributed by atoms with E-state index in [-0.39, 0.29) is 28.0 Å². The van der Waals surface area contributed by atoms with Crippen LogP contribution in [-0.2, 0) is 11.0 Å². The van der Waals surface area contributed by atoms with Gasteiger partial charge in [0.2, 0.25) is 5.75 Å². The number of rotatable bonds is 8. The van der Waals surface area contributed by atoms with Gasteiger partial charge in [-0.05, 0) is 43.3 Å². The van der Waals surface area contributed by atoms with Crippen LogP contribution in [-0.4, -0.2) is 21.8 Å². The van der Waals surface area contributed by atoms with E-state index in [2.05, 4.69) is 4.98 Å². The van der Waals surface area contributed by atoms with Crippen molar-refractivity contribution in [3.05, 3.63) is 87.2 Å². The van der Waals surface area contributed by atoms with Gasteiger partial charge in [-0.1, -0.05) is 17.7 Å². The predicted octanol–water partition coefficient (Wildman–Crippen LogP) is 6.10. The van der Waals surface area contributed by atoms with Crippen molar-refractivity contribution in [2.45, 2.75) is 25.1 Å². The molecule has 0 spiro atoms. The van der Waals surface area contributed by atoms with Gasteiger partial charge >= 0.3 is 11.9 Å². The second kappa shape index (κ2) is 10.4. The molecule has 2 unspecified atom stereocenters. The number of carbonyl (C=O) groups is 1. The number of alkyl halides is 3. The standard InChI is InChI=1S/C23H15ClF3N3O5/c1-13(22(31)16(12-28)18-4-2-3-9-29-18)34-21-11-15(6-7-19(21)30(32)33)35-20-8-5-14(10-17(20)24)23(25,26)27/h2-11,13,16H,1H3. The molecule has 0 amide bonds. The summed E-state index contributed by atoms with van der Waals surface area (Å²) in [5.41, 5.74) is -1.28. The molecule has 0 bridgehead atoms. The zero-order chi connectivity index (χ0) is 25.8. The quantitative estimate of drug-likeness (QED) is 0.268. The maximum absolute atomic E-state index is 12.8. The van der Waals surface area contributed by atoms with E-state index < -0.39 is 40.2 Å². The van der Waals surface area contributed by atoms with Gasteiger partial charge < -0.3 is 9.47 Å². The van der Waals surface area contributed by atoms with Crippen LogP contribution in [0.3, 0.4) is 0 Å². The number of hydrogen-bond acceptors (Lipinski definition) is 7. The van der Waals surface area contributed by atoms with Crippen molar-refractivity contribution in [2.24, 2.45) is 0 Å². The Balaban J connectivity index is 1.86. The number of nitro benzene ring substituents is 1. The van der Waals surface area contributed by atoms with Crippen LogP contribution in [0.4, 0.5) is 18.9 Å². The summed E-state index contributed by atoms with van der Waals surface area (Å²) in [4.78, 5) is 27.5. The average molecular weight is 506 g/mol. The normalized spacial score (nSPS) is 12.8. The molecule has 1 heterocycles. The molecule has 2 aromatic carbocycles. The molecule has 0 aliphatic carbocycles. The van der Waals surface area contributed by atoms with Crippen LogP contribution in [0.5, 0.6) is 17.2 Å². The number of benzene rings is 2. The Morgan fingerprint density at radius 1 is 1.17 bits per heavy atom. The fraction of sp³-hybridized carbons (Fsp3) is 0.174. The molecule has 0 aliphatic heterocycles. The Labute approximate surface area is 201 Å². The molecule has 0 fully saturated rings. The van der Waals surface area contributed by atoms with E-state index in [0.717, 1.165) is 24.3 Å². The Bertz CT molecular complexity index is 1300. The molecular formula is C23H15ClF3N3O5. The molecule has 8 nitrogen and oxygen atoms in total. The lowest BCUT2D eigenvalue weighted by Gasteiger charge is -2.17. The topological polar surface area (TPSA) is 115 Å². The Kier molecular flexibility index (Phi) is 7.56. The number of carbonyl (C=O) groups excluding carboxylic acids is 1. The van der Waals surface area contributed by atoms with Gasteiger partial charge in [-0.2, -0.15) is 18.4 Å². The van der Waals surface area contributed by atoms with Crippen LogP contribution in [0.15, 0.2) is 60.8 Å². The summed E-state index contributed by atoms with van der Waals surface area (Å²) in [5, 5.41) is 20.5. The number of hydrogen-bond donors (Lipinski definition) is 0. The van der Waals surface area contributed by atoms with E-state index >= 15 is 0 Å². The van der Waals surface area contributed by atoms with Crippen molar-refractivity contribution in [1.29, 1.82) is 5.26 Å². The van der Waals surface area contributed by atoms with Crippen LogP contribution in [0.25, 0.3) is 0 Å². The van der Waals surface area contributed by atoms with Gasteiger partial charge in [0.25, 0.3) is 0 Å². The highest BCUT2D eigenvalue weighted by Crippen LogP contribution is 2.39. The fourth-order valence-electron chi connectivity index (χ4n) is 3.00. The number of ether oxygens (including phenoxy) is 2. The van der Waals surface area contributed by atoms with Crippen LogP contribution < -0.4 is 9.47 Å². The van der Waals surface area contributed by atoms with Crippen molar-refractivity contribution in [2.75, 3.05) is 0 Å². The Morgan fingerprint density at radius 2 is 1.91 bits per heavy atom. The molecule has 0 aliphatic rings. The molecule has 0 saturated heterocycles. The highest BCUT2D eigenvalue weighted by molar-refractivity contribution is 6.32. The fourth-order valence-corrected chi connectivity index (χ4v) is 3.21. The summed E-state index contributed by atoms with van der Waals surface area (Å²) in [6.45, 7) is 1.32. The van der Waals surface area contributed by atoms with Crippen LogP contribution >= 0.6 is 11.6 Å². The number of pyridine rings is 1. The second-order valence-corrected chi connectivity index (χ2v) is 7.52. The molecule has 35 heavy (non-hydrogen) atoms. The second-order valence-electron chi connectivity index (χ2n) is 7.11. The first-order valence-electron chi connectivity index (χ1n) is 9.85. The Hall–Kier alpha value is -4.17. The minimum absolute atomic E-state index is 0.0477. The van der Waals surface area contributed by atoms with Crippen LogP contribution in [0.2, 0.25) is 5.02 Å². The number of nitrogens with zero attached hydrogens (tertiary/aromatic N) is 3. The summed E-state index contributed by atoms with van der Waals surface area (Å²) in [5.74, 6) is -2.49. The lowest BCUT2D eigenvalue weighted by Crippen LogP contribution is -2.29. The van der Waals surface area contributed by atoms with Gasteiger partial charge in [-0.3, -0.25) is 19.9 Å². The van der Waals surface area contributed by atoms with Crippen molar-refractivity contribution in [3.63, 3.8) is 0 Å². The number of nitro groups is 1. The van der Waals surface area contributed by atoms with Crippen LogP contribution in [0, 0.1) is 21.4 Å². The van der Waals surface area contributed by atoms with Crippen LogP contribution in [0.1, 0.15) is 24.1 Å². The zero-order valence-electron chi connectivity index (χ0n) is 17.8. The van der Waals surface area contributed by atoms with Crippen molar-refractivity contribution in [3.8, 4) is 23.3 Å². The van der Waals surface area contributed by atoms with E-state index in [1.54, 1.807) is 12.1 Å². The van der Waals surface area contributed by atoms with Gasteiger partial charge in [0.15, 0.2) is 17.8 Å². The largest absolute Gasteiger partial charge is 0.476 e. The van der Waals surface area contributed by atoms with Gasteiger partial charge in [-0.25, -0.2) is 0 Å². The number of halogens is 4. The predicted molar refractivity (Wildman–Crippen MR) is 117 cm³/mol. The number of nitriles is 1. The minimum atomic E-state index is -4.60. The summed E-state index contributed by atoms with van der Waals surface area (Å²) < 4.78 is 49.5. The first-order valence-corrected chi connectivity index (χ1v) is 10.2. The number of aromatic nitrogens is 1. The molecule has 0 radical (unpaired) electrons. The maximum atomic E-state index is 12.8. The zero-order valence-corrected chi connectivity index (χ0v) is 18.6. The van der Waals surface area contributed by atoms with Gasteiger partial charge in [0.05, 0.1) is 27.3 Å². The SMILES string of the molecule is CC(Oc1cc(Oc2ccc(C(F)(F)F)cc2Cl)ccc1[N+](=O)[O-])C(=O)C(C#N)c1ccccn1. The molecule has 0 N–H and O–H groups in total. The smallest absolute Gasteiger partial charge is 0.416 e. The monoisotopic (exact) mass is 505 g/mol. The van der Waals surface area contributed by atoms with Gasteiger partial charge in [-0.15, -0.1) is 0 Å². The molecule has 180 valence electrons.